The van der Waals surface area contributed by atoms with Crippen LogP contribution in [0.4, 0.5) is 0 Å². The zero-order valence-electron chi connectivity index (χ0n) is 16.0. The number of amides is 2. The number of hydrogen-bond donors (Lipinski definition) is 1. The number of piperidine rings is 1. The van der Waals surface area contributed by atoms with Crippen molar-refractivity contribution in [2.45, 2.75) is 38.1 Å². The molecule has 2 fully saturated rings. The average Bonchev–Trinajstić information content (AvgIpc) is 2.63. The average molecular weight is 394 g/mol. The van der Waals surface area contributed by atoms with E-state index in [0.717, 1.165) is 6.42 Å². The van der Waals surface area contributed by atoms with Crippen LogP contribution in [0.25, 0.3) is 0 Å². The van der Waals surface area contributed by atoms with Crippen LogP contribution in [0.1, 0.15) is 37.6 Å². The van der Waals surface area contributed by atoms with Crippen molar-refractivity contribution in [3.8, 4) is 0 Å². The molecule has 148 valence electrons. The third-order valence-electron chi connectivity index (χ3n) is 5.33. The van der Waals surface area contributed by atoms with Crippen LogP contribution in [0, 0.1) is 11.8 Å². The third kappa shape index (κ3) is 4.01. The van der Waals surface area contributed by atoms with E-state index in [4.69, 9.17) is 0 Å². The summed E-state index contributed by atoms with van der Waals surface area (Å²) in [5, 5.41) is 2.72. The summed E-state index contributed by atoms with van der Waals surface area (Å²) in [7, 11) is -3.57. The van der Waals surface area contributed by atoms with Crippen molar-refractivity contribution in [2.75, 3.05) is 26.2 Å². The predicted octanol–water partition coefficient (Wildman–Crippen LogP) is 1.31. The Morgan fingerprint density at radius 1 is 1.07 bits per heavy atom. The van der Waals surface area contributed by atoms with Crippen LogP contribution >= 0.6 is 0 Å². The van der Waals surface area contributed by atoms with Crippen LogP contribution < -0.4 is 5.32 Å². The van der Waals surface area contributed by atoms with Gasteiger partial charge in [0, 0.05) is 31.7 Å². The Labute approximate surface area is 160 Å². The number of carbonyl (C=O) groups excluding carboxylic acids is 2. The van der Waals surface area contributed by atoms with Gasteiger partial charge in [0.05, 0.1) is 4.90 Å². The second-order valence-corrected chi connectivity index (χ2v) is 9.70. The SMILES string of the molecule is CC1CC(C)CN(S(=O)(=O)c2ccc(C(=O)N3CCNC(=O)C3C)cc2)C1. The highest BCUT2D eigenvalue weighted by Gasteiger charge is 2.33. The first-order valence-corrected chi connectivity index (χ1v) is 10.8. The highest BCUT2D eigenvalue weighted by Crippen LogP contribution is 2.27. The minimum atomic E-state index is -3.57. The molecule has 0 aliphatic carbocycles. The van der Waals surface area contributed by atoms with Crippen molar-refractivity contribution in [3.63, 3.8) is 0 Å². The van der Waals surface area contributed by atoms with E-state index in [2.05, 4.69) is 19.2 Å². The molecule has 2 aliphatic heterocycles. The van der Waals surface area contributed by atoms with Crippen molar-refractivity contribution in [3.05, 3.63) is 29.8 Å². The number of rotatable bonds is 3. The van der Waals surface area contributed by atoms with Crippen molar-refractivity contribution in [2.24, 2.45) is 11.8 Å². The summed E-state index contributed by atoms with van der Waals surface area (Å²) in [5.41, 5.74) is 0.385. The molecule has 0 saturated carbocycles. The lowest BCUT2D eigenvalue weighted by Crippen LogP contribution is -2.55. The molecular formula is C19H27N3O4S. The monoisotopic (exact) mass is 393 g/mol. The lowest BCUT2D eigenvalue weighted by molar-refractivity contribution is -0.127. The second kappa shape index (κ2) is 7.59. The van der Waals surface area contributed by atoms with E-state index in [1.165, 1.54) is 29.2 Å². The van der Waals surface area contributed by atoms with E-state index in [0.29, 0.717) is 43.6 Å². The first-order valence-electron chi connectivity index (χ1n) is 9.39. The molecule has 8 heteroatoms. The van der Waals surface area contributed by atoms with E-state index in [1.54, 1.807) is 11.2 Å². The first kappa shape index (κ1) is 19.8. The summed E-state index contributed by atoms with van der Waals surface area (Å²) < 4.78 is 27.4. The largest absolute Gasteiger partial charge is 0.353 e. The summed E-state index contributed by atoms with van der Waals surface area (Å²) >= 11 is 0. The molecule has 3 atom stereocenters. The molecule has 27 heavy (non-hydrogen) atoms. The Balaban J connectivity index is 1.78. The van der Waals surface area contributed by atoms with Gasteiger partial charge in [-0.1, -0.05) is 13.8 Å². The lowest BCUT2D eigenvalue weighted by Gasteiger charge is -2.34. The summed E-state index contributed by atoms with van der Waals surface area (Å²) in [4.78, 5) is 26.2. The van der Waals surface area contributed by atoms with Crippen LogP contribution in [0.15, 0.2) is 29.2 Å². The third-order valence-corrected chi connectivity index (χ3v) is 7.18. The Morgan fingerprint density at radius 3 is 2.26 bits per heavy atom. The zero-order chi connectivity index (χ0) is 19.8. The number of nitrogens with one attached hydrogen (secondary N) is 1. The molecule has 2 heterocycles. The van der Waals surface area contributed by atoms with Crippen LogP contribution in [0.5, 0.6) is 0 Å². The maximum Gasteiger partial charge on any atom is 0.254 e. The van der Waals surface area contributed by atoms with Gasteiger partial charge in [-0.25, -0.2) is 8.42 Å². The van der Waals surface area contributed by atoms with E-state index < -0.39 is 16.1 Å². The summed E-state index contributed by atoms with van der Waals surface area (Å²) in [6.45, 7) is 7.72. The van der Waals surface area contributed by atoms with E-state index >= 15 is 0 Å². The molecule has 7 nitrogen and oxygen atoms in total. The second-order valence-electron chi connectivity index (χ2n) is 7.76. The Hall–Kier alpha value is -1.93. The van der Waals surface area contributed by atoms with Gasteiger partial charge in [0.15, 0.2) is 0 Å². The Bertz CT molecular complexity index is 812. The number of nitrogens with zero attached hydrogens (tertiary/aromatic N) is 2. The summed E-state index contributed by atoms with van der Waals surface area (Å²) in [6.07, 6.45) is 1.03. The number of sulfonamides is 1. The first-order chi connectivity index (χ1) is 12.7. The molecule has 2 aliphatic rings. The molecule has 0 aromatic heterocycles. The van der Waals surface area contributed by atoms with Gasteiger partial charge in [0.25, 0.3) is 5.91 Å². The van der Waals surface area contributed by atoms with E-state index in [9.17, 15) is 18.0 Å². The fourth-order valence-electron chi connectivity index (χ4n) is 3.95. The molecule has 0 bridgehead atoms. The van der Waals surface area contributed by atoms with E-state index in [1.807, 2.05) is 0 Å². The predicted molar refractivity (Wildman–Crippen MR) is 102 cm³/mol. The number of piperazine rings is 1. The normalized spacial score (nSPS) is 27.3. The van der Waals surface area contributed by atoms with Gasteiger partial charge < -0.3 is 10.2 Å². The minimum Gasteiger partial charge on any atom is -0.353 e. The Kier molecular flexibility index (Phi) is 5.58. The molecule has 3 unspecified atom stereocenters. The molecule has 0 radical (unpaired) electrons. The topological polar surface area (TPSA) is 86.8 Å². The standard InChI is InChI=1S/C19H27N3O4S/c1-13-10-14(2)12-21(11-13)27(25,26)17-6-4-16(5-7-17)19(24)22-9-8-20-18(23)15(22)3/h4-7,13-15H,8-12H2,1-3H3,(H,20,23). The molecule has 1 N–H and O–H groups in total. The van der Waals surface area contributed by atoms with Gasteiger partial charge in [-0.2, -0.15) is 4.31 Å². The zero-order valence-corrected chi connectivity index (χ0v) is 16.8. The van der Waals surface area contributed by atoms with Crippen LogP contribution in [0.3, 0.4) is 0 Å². The lowest BCUT2D eigenvalue weighted by atomic mass is 9.94. The van der Waals surface area contributed by atoms with Crippen molar-refractivity contribution < 1.29 is 18.0 Å². The van der Waals surface area contributed by atoms with Gasteiger partial charge >= 0.3 is 0 Å². The fraction of sp³-hybridized carbons (Fsp3) is 0.579. The molecule has 1 aromatic carbocycles. The summed E-state index contributed by atoms with van der Waals surface area (Å²) in [5.74, 6) is 0.218. The number of carbonyl (C=O) groups is 2. The van der Waals surface area contributed by atoms with Crippen LogP contribution in [-0.2, 0) is 14.8 Å². The van der Waals surface area contributed by atoms with Crippen molar-refractivity contribution in [1.29, 1.82) is 0 Å². The van der Waals surface area contributed by atoms with Crippen LogP contribution in [-0.4, -0.2) is 61.7 Å². The van der Waals surface area contributed by atoms with Crippen molar-refractivity contribution in [1.82, 2.24) is 14.5 Å². The highest BCUT2D eigenvalue weighted by molar-refractivity contribution is 7.89. The minimum absolute atomic E-state index is 0.179. The molecule has 2 saturated heterocycles. The maximum absolute atomic E-state index is 12.9. The van der Waals surface area contributed by atoms with Gasteiger partial charge in [0.2, 0.25) is 15.9 Å². The number of benzene rings is 1. The molecule has 1 aromatic rings. The van der Waals surface area contributed by atoms with Gasteiger partial charge in [0.1, 0.15) is 6.04 Å². The smallest absolute Gasteiger partial charge is 0.254 e. The molecule has 3 rings (SSSR count). The fourth-order valence-corrected chi connectivity index (χ4v) is 5.63. The van der Waals surface area contributed by atoms with E-state index in [-0.39, 0.29) is 16.7 Å². The van der Waals surface area contributed by atoms with Gasteiger partial charge in [-0.3, -0.25) is 9.59 Å². The van der Waals surface area contributed by atoms with Gasteiger partial charge in [-0.05, 0) is 49.4 Å². The van der Waals surface area contributed by atoms with Gasteiger partial charge in [-0.15, -0.1) is 0 Å². The Morgan fingerprint density at radius 2 is 1.67 bits per heavy atom. The molecule has 2 amide bonds. The quantitative estimate of drug-likeness (QED) is 0.839. The molecule has 0 spiro atoms. The van der Waals surface area contributed by atoms with Crippen molar-refractivity contribution >= 4 is 21.8 Å². The van der Waals surface area contributed by atoms with Crippen LogP contribution in [0.2, 0.25) is 0 Å². The number of hydrogen-bond acceptors (Lipinski definition) is 4. The maximum atomic E-state index is 12.9. The summed E-state index contributed by atoms with van der Waals surface area (Å²) in [6, 6.07) is 5.50. The molecular weight excluding hydrogens is 366 g/mol. The highest BCUT2D eigenvalue weighted by atomic mass is 32.2.